The Morgan fingerprint density at radius 3 is 2.80 bits per heavy atom. The number of hydrogen-bond acceptors (Lipinski definition) is 4. The number of aryl methyl sites for hydroxylation is 1. The first-order chi connectivity index (χ1) is 9.47. The lowest BCUT2D eigenvalue weighted by molar-refractivity contribution is 0.0470. The first-order valence-corrected chi connectivity index (χ1v) is 7.90. The van der Waals surface area contributed by atoms with Crippen molar-refractivity contribution in [2.75, 3.05) is 13.1 Å². The molecule has 1 aromatic heterocycles. The highest BCUT2D eigenvalue weighted by atomic mass is 16.4. The molecule has 1 aromatic rings. The molecule has 1 aliphatic heterocycles. The minimum Gasteiger partial charge on any atom is -0.444 e. The zero-order chi connectivity index (χ0) is 14.8. The fraction of sp³-hybridized carbons (Fsp3) is 0.812. The normalized spacial score (nSPS) is 28.2. The van der Waals surface area contributed by atoms with Crippen molar-refractivity contribution < 1.29 is 4.42 Å². The largest absolute Gasteiger partial charge is 0.444 e. The minimum absolute atomic E-state index is 0.200. The van der Waals surface area contributed by atoms with E-state index in [4.69, 9.17) is 4.42 Å². The Morgan fingerprint density at radius 1 is 1.50 bits per heavy atom. The van der Waals surface area contributed by atoms with Gasteiger partial charge in [-0.05, 0) is 19.3 Å². The number of rotatable bonds is 5. The van der Waals surface area contributed by atoms with E-state index in [-0.39, 0.29) is 5.54 Å². The first kappa shape index (κ1) is 15.5. The molecule has 2 heterocycles. The third kappa shape index (κ3) is 3.41. The van der Waals surface area contributed by atoms with Crippen molar-refractivity contribution in [2.45, 2.75) is 65.6 Å². The van der Waals surface area contributed by atoms with Crippen molar-refractivity contribution in [3.05, 3.63) is 17.8 Å². The SMILES string of the molecule is CCc1cnc(CN2CC(C)(CC)NCC2C(C)C)o1. The Bertz CT molecular complexity index is 429. The number of oxazole rings is 1. The molecule has 0 saturated carbocycles. The van der Waals surface area contributed by atoms with Crippen LogP contribution in [0.1, 0.15) is 52.7 Å². The van der Waals surface area contributed by atoms with Gasteiger partial charge < -0.3 is 9.73 Å². The van der Waals surface area contributed by atoms with Gasteiger partial charge in [-0.2, -0.15) is 0 Å². The number of nitrogens with zero attached hydrogens (tertiary/aromatic N) is 2. The van der Waals surface area contributed by atoms with Crippen LogP contribution in [0.4, 0.5) is 0 Å². The Kier molecular flexibility index (Phi) is 4.86. The summed E-state index contributed by atoms with van der Waals surface area (Å²) in [6.45, 7) is 14.2. The number of aromatic nitrogens is 1. The van der Waals surface area contributed by atoms with E-state index in [1.807, 2.05) is 6.20 Å². The maximum Gasteiger partial charge on any atom is 0.208 e. The van der Waals surface area contributed by atoms with Gasteiger partial charge in [-0.25, -0.2) is 4.98 Å². The van der Waals surface area contributed by atoms with Crippen molar-refractivity contribution in [1.29, 1.82) is 0 Å². The molecule has 0 amide bonds. The Morgan fingerprint density at radius 2 is 2.25 bits per heavy atom. The van der Waals surface area contributed by atoms with E-state index in [1.54, 1.807) is 0 Å². The monoisotopic (exact) mass is 279 g/mol. The molecule has 0 spiro atoms. The van der Waals surface area contributed by atoms with Crippen LogP contribution >= 0.6 is 0 Å². The van der Waals surface area contributed by atoms with Gasteiger partial charge in [0.1, 0.15) is 5.76 Å². The van der Waals surface area contributed by atoms with Crippen LogP contribution in [0.2, 0.25) is 0 Å². The summed E-state index contributed by atoms with van der Waals surface area (Å²) in [5.74, 6) is 2.46. The molecule has 2 rings (SSSR count). The third-order valence-corrected chi connectivity index (χ3v) is 4.60. The molecule has 20 heavy (non-hydrogen) atoms. The molecule has 0 aliphatic carbocycles. The molecule has 4 nitrogen and oxygen atoms in total. The summed E-state index contributed by atoms with van der Waals surface area (Å²) in [5.41, 5.74) is 0.200. The Balaban J connectivity index is 2.10. The number of nitrogens with one attached hydrogen (secondary N) is 1. The fourth-order valence-electron chi connectivity index (χ4n) is 2.93. The molecule has 114 valence electrons. The Labute approximate surface area is 122 Å². The summed E-state index contributed by atoms with van der Waals surface area (Å²) in [6.07, 6.45) is 3.91. The summed E-state index contributed by atoms with van der Waals surface area (Å²) in [5, 5.41) is 3.72. The van der Waals surface area contributed by atoms with Gasteiger partial charge in [0.2, 0.25) is 5.89 Å². The van der Waals surface area contributed by atoms with Crippen molar-refractivity contribution in [3.63, 3.8) is 0 Å². The van der Waals surface area contributed by atoms with Crippen molar-refractivity contribution >= 4 is 0 Å². The van der Waals surface area contributed by atoms with Gasteiger partial charge in [-0.1, -0.05) is 27.7 Å². The van der Waals surface area contributed by atoms with E-state index >= 15 is 0 Å². The van der Waals surface area contributed by atoms with Gasteiger partial charge >= 0.3 is 0 Å². The smallest absolute Gasteiger partial charge is 0.208 e. The van der Waals surface area contributed by atoms with Crippen LogP contribution in [0, 0.1) is 5.92 Å². The highest BCUT2D eigenvalue weighted by Gasteiger charge is 2.36. The van der Waals surface area contributed by atoms with Gasteiger partial charge in [0.05, 0.1) is 12.7 Å². The topological polar surface area (TPSA) is 41.3 Å². The van der Waals surface area contributed by atoms with Gasteiger partial charge in [-0.3, -0.25) is 4.90 Å². The molecule has 1 N–H and O–H groups in total. The maximum absolute atomic E-state index is 5.79. The van der Waals surface area contributed by atoms with E-state index < -0.39 is 0 Å². The van der Waals surface area contributed by atoms with Crippen molar-refractivity contribution in [3.8, 4) is 0 Å². The lowest BCUT2D eigenvalue weighted by Gasteiger charge is -2.47. The highest BCUT2D eigenvalue weighted by Crippen LogP contribution is 2.24. The fourth-order valence-corrected chi connectivity index (χ4v) is 2.93. The molecular formula is C16H29N3O. The molecule has 2 atom stereocenters. The Hall–Kier alpha value is -0.870. The number of hydrogen-bond donors (Lipinski definition) is 1. The lowest BCUT2D eigenvalue weighted by Crippen LogP contribution is -2.63. The molecule has 4 heteroatoms. The predicted octanol–water partition coefficient (Wildman–Crippen LogP) is 2.84. The third-order valence-electron chi connectivity index (χ3n) is 4.60. The summed E-state index contributed by atoms with van der Waals surface area (Å²) in [4.78, 5) is 6.96. The van der Waals surface area contributed by atoms with E-state index in [1.165, 1.54) is 0 Å². The molecule has 1 saturated heterocycles. The van der Waals surface area contributed by atoms with Crippen LogP contribution in [0.15, 0.2) is 10.6 Å². The first-order valence-electron chi connectivity index (χ1n) is 7.90. The molecule has 0 radical (unpaired) electrons. The second kappa shape index (κ2) is 6.27. The van der Waals surface area contributed by atoms with Gasteiger partial charge in [0.15, 0.2) is 0 Å². The van der Waals surface area contributed by atoms with Crippen LogP contribution < -0.4 is 5.32 Å². The van der Waals surface area contributed by atoms with Gasteiger partial charge in [0, 0.05) is 31.1 Å². The summed E-state index contributed by atoms with van der Waals surface area (Å²) < 4.78 is 5.79. The van der Waals surface area contributed by atoms with Crippen LogP contribution in [-0.2, 0) is 13.0 Å². The second-order valence-electron chi connectivity index (χ2n) is 6.59. The van der Waals surface area contributed by atoms with Gasteiger partial charge in [0.25, 0.3) is 0 Å². The van der Waals surface area contributed by atoms with Crippen LogP contribution in [0.5, 0.6) is 0 Å². The van der Waals surface area contributed by atoms with Crippen molar-refractivity contribution in [2.24, 2.45) is 5.92 Å². The zero-order valence-electron chi connectivity index (χ0n) is 13.6. The van der Waals surface area contributed by atoms with Gasteiger partial charge in [-0.15, -0.1) is 0 Å². The predicted molar refractivity (Wildman–Crippen MR) is 81.6 cm³/mol. The standard InChI is InChI=1S/C16H29N3O/c1-6-13-8-17-15(20-13)10-19-11-16(5,7-2)18-9-14(19)12(3)4/h8,12,14,18H,6-7,9-11H2,1-5H3. The van der Waals surface area contributed by atoms with E-state index in [2.05, 4.69) is 49.8 Å². The van der Waals surface area contributed by atoms with E-state index in [0.717, 1.165) is 44.1 Å². The number of piperazine rings is 1. The second-order valence-corrected chi connectivity index (χ2v) is 6.59. The average Bonchev–Trinajstić information content (AvgIpc) is 2.86. The quantitative estimate of drug-likeness (QED) is 0.900. The average molecular weight is 279 g/mol. The molecular weight excluding hydrogens is 250 g/mol. The molecule has 0 bridgehead atoms. The van der Waals surface area contributed by atoms with Crippen molar-refractivity contribution in [1.82, 2.24) is 15.2 Å². The van der Waals surface area contributed by atoms with Crippen LogP contribution in [0.3, 0.4) is 0 Å². The summed E-state index contributed by atoms with van der Waals surface area (Å²) in [6, 6.07) is 0.548. The van der Waals surface area contributed by atoms with Crippen LogP contribution in [-0.4, -0.2) is 34.6 Å². The van der Waals surface area contributed by atoms with E-state index in [9.17, 15) is 0 Å². The molecule has 1 fully saturated rings. The summed E-state index contributed by atoms with van der Waals surface area (Å²) >= 11 is 0. The molecule has 2 unspecified atom stereocenters. The zero-order valence-corrected chi connectivity index (χ0v) is 13.6. The lowest BCUT2D eigenvalue weighted by atomic mass is 9.90. The van der Waals surface area contributed by atoms with E-state index in [0.29, 0.717) is 12.0 Å². The molecule has 1 aliphatic rings. The van der Waals surface area contributed by atoms with Crippen LogP contribution in [0.25, 0.3) is 0 Å². The maximum atomic E-state index is 5.79. The highest BCUT2D eigenvalue weighted by molar-refractivity contribution is 4.99. The molecule has 0 aromatic carbocycles. The minimum atomic E-state index is 0.200. The summed E-state index contributed by atoms with van der Waals surface area (Å²) in [7, 11) is 0.